The number of hydrogen-bond acceptors (Lipinski definition) is 3. The quantitative estimate of drug-likeness (QED) is 0.760. The normalized spacial score (nSPS) is 14.8. The Morgan fingerprint density at radius 1 is 1.18 bits per heavy atom. The predicted octanol–water partition coefficient (Wildman–Crippen LogP) is 2.93. The summed E-state index contributed by atoms with van der Waals surface area (Å²) >= 11 is 0. The Morgan fingerprint density at radius 2 is 1.95 bits per heavy atom. The Bertz CT molecular complexity index is 733. The average Bonchev–Trinajstić information content (AvgIpc) is 2.84. The number of carbonyl (C=O) groups is 1. The minimum atomic E-state index is -0.0892. The maximum atomic E-state index is 12.1. The van der Waals surface area contributed by atoms with Gasteiger partial charge < -0.3 is 15.7 Å². The number of amides is 1. The summed E-state index contributed by atoms with van der Waals surface area (Å²) in [5.74, 6) is -0.0892. The Hall–Kier alpha value is -2.59. The van der Waals surface area contributed by atoms with Gasteiger partial charge in [-0.25, -0.2) is 0 Å². The monoisotopic (exact) mass is 294 g/mol. The third-order valence-electron chi connectivity index (χ3n) is 3.77. The molecule has 0 radical (unpaired) electrons. The summed E-state index contributed by atoms with van der Waals surface area (Å²) in [6.45, 7) is 2.14. The molecule has 0 spiro atoms. The number of rotatable bonds is 4. The average molecular weight is 294 g/mol. The van der Waals surface area contributed by atoms with Gasteiger partial charge in [0.05, 0.1) is 5.57 Å². The SMILES string of the molecule is Cc1cccc2c1C(=CNc1ccc(CCO)cc1)C(=O)N2. The zero-order valence-corrected chi connectivity index (χ0v) is 12.4. The molecule has 3 N–H and O–H groups in total. The summed E-state index contributed by atoms with van der Waals surface area (Å²) in [5, 5.41) is 15.0. The maximum absolute atomic E-state index is 12.1. The molecular weight excluding hydrogens is 276 g/mol. The van der Waals surface area contributed by atoms with Gasteiger partial charge in [-0.1, -0.05) is 24.3 Å². The van der Waals surface area contributed by atoms with Crippen LogP contribution in [0.1, 0.15) is 16.7 Å². The van der Waals surface area contributed by atoms with Gasteiger partial charge in [-0.05, 0) is 42.7 Å². The molecule has 1 heterocycles. The van der Waals surface area contributed by atoms with Crippen molar-refractivity contribution in [1.29, 1.82) is 0 Å². The van der Waals surface area contributed by atoms with Crippen LogP contribution in [-0.4, -0.2) is 17.6 Å². The summed E-state index contributed by atoms with van der Waals surface area (Å²) in [6.07, 6.45) is 2.39. The number of benzene rings is 2. The van der Waals surface area contributed by atoms with Gasteiger partial charge in [0.1, 0.15) is 0 Å². The predicted molar refractivity (Wildman–Crippen MR) is 88.6 cm³/mol. The van der Waals surface area contributed by atoms with E-state index in [0.717, 1.165) is 28.1 Å². The van der Waals surface area contributed by atoms with E-state index in [1.807, 2.05) is 49.4 Å². The van der Waals surface area contributed by atoms with E-state index in [2.05, 4.69) is 10.6 Å². The fourth-order valence-corrected chi connectivity index (χ4v) is 2.62. The first-order valence-electron chi connectivity index (χ1n) is 7.27. The molecule has 22 heavy (non-hydrogen) atoms. The van der Waals surface area contributed by atoms with Crippen molar-refractivity contribution in [1.82, 2.24) is 0 Å². The summed E-state index contributed by atoms with van der Waals surface area (Å²) in [7, 11) is 0. The van der Waals surface area contributed by atoms with E-state index < -0.39 is 0 Å². The van der Waals surface area contributed by atoms with E-state index in [4.69, 9.17) is 5.11 Å². The van der Waals surface area contributed by atoms with Gasteiger partial charge in [0, 0.05) is 29.7 Å². The van der Waals surface area contributed by atoms with Crippen LogP contribution in [0, 0.1) is 6.92 Å². The van der Waals surface area contributed by atoms with Gasteiger partial charge in [-0.2, -0.15) is 0 Å². The molecule has 1 aliphatic rings. The van der Waals surface area contributed by atoms with Crippen molar-refractivity contribution in [3.8, 4) is 0 Å². The van der Waals surface area contributed by atoms with Crippen molar-refractivity contribution in [3.63, 3.8) is 0 Å². The van der Waals surface area contributed by atoms with E-state index in [-0.39, 0.29) is 12.5 Å². The molecule has 0 bridgehead atoms. The van der Waals surface area contributed by atoms with Crippen molar-refractivity contribution < 1.29 is 9.90 Å². The molecule has 1 aliphatic heterocycles. The molecule has 4 heteroatoms. The second kappa shape index (κ2) is 6.03. The Balaban J connectivity index is 1.83. The zero-order chi connectivity index (χ0) is 15.5. The second-order valence-electron chi connectivity index (χ2n) is 5.32. The molecule has 0 unspecified atom stereocenters. The van der Waals surface area contributed by atoms with Crippen LogP contribution < -0.4 is 10.6 Å². The number of fused-ring (bicyclic) bond motifs is 1. The number of hydrogen-bond donors (Lipinski definition) is 3. The van der Waals surface area contributed by atoms with Crippen LogP contribution >= 0.6 is 0 Å². The van der Waals surface area contributed by atoms with Gasteiger partial charge in [0.15, 0.2) is 0 Å². The third kappa shape index (κ3) is 2.73. The highest BCUT2D eigenvalue weighted by Gasteiger charge is 2.25. The third-order valence-corrected chi connectivity index (χ3v) is 3.77. The smallest absolute Gasteiger partial charge is 0.257 e. The number of aliphatic hydroxyl groups excluding tert-OH is 1. The summed E-state index contributed by atoms with van der Waals surface area (Å²) in [4.78, 5) is 12.1. The molecular formula is C18H18N2O2. The van der Waals surface area contributed by atoms with Crippen LogP contribution in [0.25, 0.3) is 5.57 Å². The zero-order valence-electron chi connectivity index (χ0n) is 12.4. The van der Waals surface area contributed by atoms with Gasteiger partial charge in [-0.15, -0.1) is 0 Å². The highest BCUT2D eigenvalue weighted by molar-refractivity contribution is 6.32. The molecule has 0 aromatic heterocycles. The first kappa shape index (κ1) is 14.4. The molecule has 2 aromatic rings. The summed E-state index contributed by atoms with van der Waals surface area (Å²) in [6, 6.07) is 13.6. The van der Waals surface area contributed by atoms with E-state index in [1.54, 1.807) is 6.20 Å². The Kier molecular flexibility index (Phi) is 3.94. The van der Waals surface area contributed by atoms with Crippen molar-refractivity contribution in [3.05, 3.63) is 65.4 Å². The molecule has 0 saturated carbocycles. The lowest BCUT2D eigenvalue weighted by molar-refractivity contribution is -0.110. The molecule has 0 saturated heterocycles. The van der Waals surface area contributed by atoms with E-state index in [9.17, 15) is 4.79 Å². The largest absolute Gasteiger partial charge is 0.396 e. The first-order valence-corrected chi connectivity index (χ1v) is 7.27. The van der Waals surface area contributed by atoms with E-state index in [0.29, 0.717) is 12.0 Å². The number of nitrogens with one attached hydrogen (secondary N) is 2. The summed E-state index contributed by atoms with van der Waals surface area (Å²) < 4.78 is 0. The lowest BCUT2D eigenvalue weighted by Crippen LogP contribution is -2.05. The Labute approximate surface area is 129 Å². The fourth-order valence-electron chi connectivity index (χ4n) is 2.62. The van der Waals surface area contributed by atoms with E-state index in [1.165, 1.54) is 0 Å². The van der Waals surface area contributed by atoms with Gasteiger partial charge in [0.25, 0.3) is 5.91 Å². The minimum Gasteiger partial charge on any atom is -0.396 e. The van der Waals surface area contributed by atoms with Crippen LogP contribution in [0.4, 0.5) is 11.4 Å². The molecule has 0 fully saturated rings. The highest BCUT2D eigenvalue weighted by Crippen LogP contribution is 2.34. The number of aryl methyl sites for hydroxylation is 1. The molecule has 0 atom stereocenters. The van der Waals surface area contributed by atoms with Gasteiger partial charge in [0.2, 0.25) is 0 Å². The lowest BCUT2D eigenvalue weighted by atomic mass is 10.0. The molecule has 1 amide bonds. The van der Waals surface area contributed by atoms with Gasteiger partial charge >= 0.3 is 0 Å². The first-order chi connectivity index (χ1) is 10.7. The summed E-state index contributed by atoms with van der Waals surface area (Å²) in [5.41, 5.74) is 5.52. The molecule has 2 aromatic carbocycles. The number of aliphatic hydroxyl groups is 1. The van der Waals surface area contributed by atoms with Crippen LogP contribution in [0.2, 0.25) is 0 Å². The molecule has 112 valence electrons. The van der Waals surface area contributed by atoms with Gasteiger partial charge in [-0.3, -0.25) is 4.79 Å². The topological polar surface area (TPSA) is 61.4 Å². The minimum absolute atomic E-state index is 0.0892. The number of anilines is 2. The maximum Gasteiger partial charge on any atom is 0.257 e. The highest BCUT2D eigenvalue weighted by atomic mass is 16.2. The van der Waals surface area contributed by atoms with Crippen molar-refractivity contribution in [2.75, 3.05) is 17.2 Å². The van der Waals surface area contributed by atoms with Crippen LogP contribution in [-0.2, 0) is 11.2 Å². The van der Waals surface area contributed by atoms with Crippen molar-refractivity contribution >= 4 is 22.9 Å². The van der Waals surface area contributed by atoms with E-state index >= 15 is 0 Å². The second-order valence-corrected chi connectivity index (χ2v) is 5.32. The van der Waals surface area contributed by atoms with Crippen LogP contribution in [0.5, 0.6) is 0 Å². The molecule has 4 nitrogen and oxygen atoms in total. The van der Waals surface area contributed by atoms with Crippen LogP contribution in [0.3, 0.4) is 0 Å². The standard InChI is InChI=1S/C18H18N2O2/c1-12-3-2-4-16-17(12)15(18(22)20-16)11-19-14-7-5-13(6-8-14)9-10-21/h2-8,11,19,21H,9-10H2,1H3,(H,20,22). The van der Waals surface area contributed by atoms with Crippen molar-refractivity contribution in [2.45, 2.75) is 13.3 Å². The van der Waals surface area contributed by atoms with Crippen LogP contribution in [0.15, 0.2) is 48.7 Å². The lowest BCUT2D eigenvalue weighted by Gasteiger charge is -2.05. The Morgan fingerprint density at radius 3 is 2.68 bits per heavy atom. The van der Waals surface area contributed by atoms with Crippen molar-refractivity contribution in [2.24, 2.45) is 0 Å². The molecule has 3 rings (SSSR count). The number of carbonyl (C=O) groups excluding carboxylic acids is 1. The molecule has 0 aliphatic carbocycles. The fraction of sp³-hybridized carbons (Fsp3) is 0.167.